The van der Waals surface area contributed by atoms with Crippen molar-refractivity contribution >= 4 is 12.1 Å². The minimum atomic E-state index is -0.494. The molecule has 28 heavy (non-hydrogen) atoms. The number of hydrogen-bond acceptors (Lipinski definition) is 3. The zero-order valence-corrected chi connectivity index (χ0v) is 17.9. The van der Waals surface area contributed by atoms with Crippen molar-refractivity contribution in [2.45, 2.75) is 103 Å². The topological polar surface area (TPSA) is 79.5 Å². The van der Waals surface area contributed by atoms with Crippen molar-refractivity contribution in [3.05, 3.63) is 0 Å². The third-order valence-electron chi connectivity index (χ3n) is 6.47. The van der Waals surface area contributed by atoms with Gasteiger partial charge in [0.15, 0.2) is 0 Å². The normalized spacial score (nSPS) is 31.0. The van der Waals surface area contributed by atoms with Crippen LogP contribution >= 0.6 is 0 Å². The average molecular weight is 394 g/mol. The summed E-state index contributed by atoms with van der Waals surface area (Å²) in [5.74, 6) is 2.01. The lowest BCUT2D eigenvalue weighted by molar-refractivity contribution is 0.0511. The Balaban J connectivity index is 1.42. The van der Waals surface area contributed by atoms with Crippen molar-refractivity contribution in [1.29, 1.82) is 0 Å². The van der Waals surface area contributed by atoms with Crippen molar-refractivity contribution < 1.29 is 14.3 Å². The minimum Gasteiger partial charge on any atom is -0.444 e. The molecule has 4 atom stereocenters. The van der Waals surface area contributed by atoms with Gasteiger partial charge < -0.3 is 20.7 Å². The molecule has 0 aromatic heterocycles. The number of nitrogens with one attached hydrogen (secondary N) is 3. The van der Waals surface area contributed by atoms with Crippen LogP contribution < -0.4 is 16.0 Å². The molecule has 3 aliphatic carbocycles. The number of rotatable bonds is 5. The molecule has 3 aliphatic rings. The third kappa shape index (κ3) is 6.85. The van der Waals surface area contributed by atoms with E-state index in [0.717, 1.165) is 50.4 Å². The Hall–Kier alpha value is -1.46. The first kappa shape index (κ1) is 21.3. The van der Waals surface area contributed by atoms with Crippen molar-refractivity contribution in [3.8, 4) is 0 Å². The van der Waals surface area contributed by atoms with Crippen molar-refractivity contribution in [1.82, 2.24) is 16.0 Å². The van der Waals surface area contributed by atoms with E-state index in [4.69, 9.17) is 4.74 Å². The number of alkyl carbamates (subject to hydrolysis) is 1. The summed E-state index contributed by atoms with van der Waals surface area (Å²) in [4.78, 5) is 24.6. The van der Waals surface area contributed by atoms with Gasteiger partial charge in [0.2, 0.25) is 0 Å². The number of amides is 3. The summed E-state index contributed by atoms with van der Waals surface area (Å²) in [5, 5.41) is 9.32. The highest BCUT2D eigenvalue weighted by atomic mass is 16.6. The molecule has 0 radical (unpaired) electrons. The lowest BCUT2D eigenvalue weighted by atomic mass is 9.82. The smallest absolute Gasteiger partial charge is 0.407 e. The molecule has 3 amide bonds. The molecule has 6 nitrogen and oxygen atoms in total. The highest BCUT2D eigenvalue weighted by molar-refractivity contribution is 5.74. The van der Waals surface area contributed by atoms with Gasteiger partial charge >= 0.3 is 12.1 Å². The van der Waals surface area contributed by atoms with Crippen LogP contribution in [0.5, 0.6) is 0 Å². The summed E-state index contributed by atoms with van der Waals surface area (Å²) < 4.78 is 5.33. The fourth-order valence-electron chi connectivity index (χ4n) is 4.92. The number of ether oxygens (including phenoxy) is 1. The fraction of sp³-hybridized carbons (Fsp3) is 0.909. The summed E-state index contributed by atoms with van der Waals surface area (Å²) in [6, 6.07) is 0.406. The van der Waals surface area contributed by atoms with E-state index in [9.17, 15) is 9.59 Å². The van der Waals surface area contributed by atoms with Gasteiger partial charge in [-0.3, -0.25) is 0 Å². The highest BCUT2D eigenvalue weighted by Crippen LogP contribution is 2.43. The van der Waals surface area contributed by atoms with E-state index in [0.29, 0.717) is 12.6 Å². The van der Waals surface area contributed by atoms with E-state index in [-0.39, 0.29) is 24.1 Å². The first-order valence-electron chi connectivity index (χ1n) is 11.3. The van der Waals surface area contributed by atoms with Gasteiger partial charge in [-0.15, -0.1) is 0 Å². The van der Waals surface area contributed by atoms with E-state index in [1.165, 1.54) is 25.7 Å². The molecule has 0 aromatic carbocycles. The van der Waals surface area contributed by atoms with Crippen LogP contribution in [0.15, 0.2) is 0 Å². The van der Waals surface area contributed by atoms with Crippen LogP contribution in [0.1, 0.15) is 85.0 Å². The van der Waals surface area contributed by atoms with Crippen LogP contribution in [-0.2, 0) is 4.74 Å². The molecule has 0 aromatic rings. The molecule has 0 heterocycles. The first-order chi connectivity index (χ1) is 13.3. The van der Waals surface area contributed by atoms with Gasteiger partial charge in [-0.25, -0.2) is 9.59 Å². The Morgan fingerprint density at radius 3 is 2.36 bits per heavy atom. The van der Waals surface area contributed by atoms with Crippen LogP contribution in [0.4, 0.5) is 9.59 Å². The second-order valence-corrected chi connectivity index (χ2v) is 10.1. The lowest BCUT2D eigenvalue weighted by Gasteiger charge is -2.34. The maximum atomic E-state index is 12.6. The molecule has 160 valence electrons. The summed E-state index contributed by atoms with van der Waals surface area (Å²) in [5.41, 5.74) is -0.494. The molecule has 2 unspecified atom stereocenters. The molecule has 0 aliphatic heterocycles. The molecular formula is C22H39N3O3. The van der Waals surface area contributed by atoms with Crippen LogP contribution in [0.25, 0.3) is 0 Å². The molecule has 0 saturated heterocycles. The Labute approximate surface area is 169 Å². The number of hydrogen-bond donors (Lipinski definition) is 3. The summed E-state index contributed by atoms with van der Waals surface area (Å²) >= 11 is 0. The van der Waals surface area contributed by atoms with Crippen LogP contribution in [-0.4, -0.2) is 36.4 Å². The molecule has 0 bridgehead atoms. The maximum Gasteiger partial charge on any atom is 0.407 e. The Morgan fingerprint density at radius 2 is 1.64 bits per heavy atom. The van der Waals surface area contributed by atoms with Crippen molar-refractivity contribution in [2.24, 2.45) is 17.8 Å². The maximum absolute atomic E-state index is 12.6. The number of urea groups is 1. The fourth-order valence-corrected chi connectivity index (χ4v) is 4.92. The summed E-state index contributed by atoms with van der Waals surface area (Å²) in [6.07, 6.45) is 11.5. The third-order valence-corrected chi connectivity index (χ3v) is 6.47. The zero-order chi connectivity index (χ0) is 20.1. The van der Waals surface area contributed by atoms with Crippen LogP contribution in [0.2, 0.25) is 0 Å². The van der Waals surface area contributed by atoms with Gasteiger partial charge in [-0.2, -0.15) is 0 Å². The molecule has 3 rings (SSSR count). The standard InChI is InChI=1S/C22H39N3O3/c1-22(2,3)28-21(27)23-14-17-7-4-5-10-19(17)25-20(26)24-18-9-6-8-16(13-18)15-11-12-15/h15-19H,4-14H2,1-3H3,(H,23,27)(H2,24,25,26)/t16-,17?,18+,19?/m0/s1. The van der Waals surface area contributed by atoms with Gasteiger partial charge in [0.05, 0.1) is 0 Å². The van der Waals surface area contributed by atoms with E-state index in [2.05, 4.69) is 16.0 Å². The first-order valence-corrected chi connectivity index (χ1v) is 11.3. The van der Waals surface area contributed by atoms with Gasteiger partial charge in [0.25, 0.3) is 0 Å². The molecular weight excluding hydrogens is 354 g/mol. The Kier molecular flexibility index (Phi) is 7.10. The predicted molar refractivity (Wildman–Crippen MR) is 110 cm³/mol. The quantitative estimate of drug-likeness (QED) is 0.650. The molecule has 3 saturated carbocycles. The molecule has 6 heteroatoms. The number of carbonyl (C=O) groups excluding carboxylic acids is 2. The lowest BCUT2D eigenvalue weighted by Crippen LogP contribution is -2.52. The minimum absolute atomic E-state index is 0.0318. The summed E-state index contributed by atoms with van der Waals surface area (Å²) in [7, 11) is 0. The Bertz CT molecular complexity index is 542. The Morgan fingerprint density at radius 1 is 0.893 bits per heavy atom. The average Bonchev–Trinajstić information content (AvgIpc) is 3.45. The van der Waals surface area contributed by atoms with E-state index >= 15 is 0 Å². The molecule has 0 spiro atoms. The van der Waals surface area contributed by atoms with Gasteiger partial charge in [0.1, 0.15) is 5.60 Å². The van der Waals surface area contributed by atoms with Crippen molar-refractivity contribution in [3.63, 3.8) is 0 Å². The van der Waals surface area contributed by atoms with Crippen LogP contribution in [0, 0.1) is 17.8 Å². The predicted octanol–water partition coefficient (Wildman–Crippen LogP) is 4.34. The highest BCUT2D eigenvalue weighted by Gasteiger charge is 2.35. The van der Waals surface area contributed by atoms with Gasteiger partial charge in [-0.1, -0.05) is 25.7 Å². The zero-order valence-electron chi connectivity index (χ0n) is 17.9. The SMILES string of the molecule is CC(C)(C)OC(=O)NCC1CCCCC1NC(=O)N[C@@H]1CCC[C@H](C2CC2)C1. The molecule has 3 fully saturated rings. The monoisotopic (exact) mass is 393 g/mol. The second kappa shape index (κ2) is 9.36. The van der Waals surface area contributed by atoms with E-state index < -0.39 is 5.60 Å². The largest absolute Gasteiger partial charge is 0.444 e. The second-order valence-electron chi connectivity index (χ2n) is 10.1. The van der Waals surface area contributed by atoms with E-state index in [1.54, 1.807) is 0 Å². The van der Waals surface area contributed by atoms with Crippen LogP contribution in [0.3, 0.4) is 0 Å². The van der Waals surface area contributed by atoms with Gasteiger partial charge in [-0.05, 0) is 77.0 Å². The molecule has 3 N–H and O–H groups in total. The van der Waals surface area contributed by atoms with Crippen molar-refractivity contribution in [2.75, 3.05) is 6.54 Å². The number of carbonyl (C=O) groups is 2. The summed E-state index contributed by atoms with van der Waals surface area (Å²) in [6.45, 7) is 6.13. The van der Waals surface area contributed by atoms with E-state index in [1.807, 2.05) is 20.8 Å². The van der Waals surface area contributed by atoms with Gasteiger partial charge in [0, 0.05) is 18.6 Å².